The summed E-state index contributed by atoms with van der Waals surface area (Å²) in [5.41, 5.74) is 27.6. The molecule has 0 atom stereocenters. The van der Waals surface area contributed by atoms with Crippen molar-refractivity contribution in [2.45, 2.75) is 66.7 Å². The fraction of sp³-hybridized carbons (Fsp3) is 0.175. The summed E-state index contributed by atoms with van der Waals surface area (Å²) in [6.45, 7) is 15.9. The zero-order chi connectivity index (χ0) is 44.5. The fourth-order valence-electron chi connectivity index (χ4n) is 10.1. The smallest absolute Gasteiger partial charge is 0.0411 e. The van der Waals surface area contributed by atoms with Gasteiger partial charge in [-0.15, -0.1) is 0 Å². The van der Waals surface area contributed by atoms with E-state index in [1.165, 1.54) is 117 Å². The molecule has 0 saturated carbocycles. The topological polar surface area (TPSA) is 3.24 Å². The van der Waals surface area contributed by atoms with Gasteiger partial charge < -0.3 is 4.90 Å². The Morgan fingerprint density at radius 3 is 1.52 bits per heavy atom. The monoisotopic (exact) mass is 829 g/mol. The first-order chi connectivity index (χ1) is 31.0. The molecule has 8 aromatic rings. The van der Waals surface area contributed by atoms with E-state index >= 15 is 0 Å². The molecule has 316 valence electrons. The number of fused-ring (bicyclic) bond motifs is 3. The number of hydrogen-bond donors (Lipinski definition) is 0. The van der Waals surface area contributed by atoms with Crippen LogP contribution in [0.15, 0.2) is 194 Å². The lowest BCUT2D eigenvalue weighted by atomic mass is 9.79. The first-order valence-electron chi connectivity index (χ1n) is 22.9. The van der Waals surface area contributed by atoms with E-state index in [9.17, 15) is 0 Å². The van der Waals surface area contributed by atoms with Gasteiger partial charge in [0.1, 0.15) is 0 Å². The van der Waals surface area contributed by atoms with E-state index < -0.39 is 0 Å². The van der Waals surface area contributed by atoms with Crippen LogP contribution in [0.2, 0.25) is 0 Å². The highest BCUT2D eigenvalue weighted by molar-refractivity contribution is 5.94. The van der Waals surface area contributed by atoms with Gasteiger partial charge in [0.15, 0.2) is 0 Å². The molecule has 10 rings (SSSR count). The lowest BCUT2D eigenvalue weighted by Crippen LogP contribution is -2.16. The van der Waals surface area contributed by atoms with E-state index in [1.807, 2.05) is 0 Å². The minimum Gasteiger partial charge on any atom is -0.345 e. The zero-order valence-electron chi connectivity index (χ0n) is 38.8. The molecule has 0 fully saturated rings. The summed E-state index contributed by atoms with van der Waals surface area (Å²) in [5, 5.41) is 0. The first-order valence-corrected chi connectivity index (χ1v) is 22.9. The van der Waals surface area contributed by atoms with E-state index in [1.54, 1.807) is 0 Å². The van der Waals surface area contributed by atoms with Crippen molar-refractivity contribution < 1.29 is 0 Å². The van der Waals surface area contributed by atoms with Crippen molar-refractivity contribution in [3.8, 4) is 55.6 Å². The van der Waals surface area contributed by atoms with Crippen LogP contribution in [0.5, 0.6) is 0 Å². The van der Waals surface area contributed by atoms with Gasteiger partial charge in [-0.1, -0.05) is 177 Å². The summed E-state index contributed by atoms with van der Waals surface area (Å²) in [6, 6.07) is 64.3. The quantitative estimate of drug-likeness (QED) is 0.155. The lowest BCUT2D eigenvalue weighted by molar-refractivity contribution is 0.660. The first kappa shape index (κ1) is 42.3. The van der Waals surface area contributed by atoms with Crippen molar-refractivity contribution in [3.05, 3.63) is 233 Å². The average molecular weight is 830 g/mol. The second-order valence-corrected chi connectivity index (χ2v) is 18.3. The number of allylic oxidation sites excluding steroid dienone is 4. The summed E-state index contributed by atoms with van der Waals surface area (Å²) in [7, 11) is 2.17. The van der Waals surface area contributed by atoms with Crippen LogP contribution in [0, 0.1) is 27.7 Å². The van der Waals surface area contributed by atoms with Gasteiger partial charge in [-0.2, -0.15) is 0 Å². The van der Waals surface area contributed by atoms with Crippen molar-refractivity contribution in [2.75, 3.05) is 11.9 Å². The van der Waals surface area contributed by atoms with Gasteiger partial charge in [-0.05, 0) is 178 Å². The van der Waals surface area contributed by atoms with Crippen LogP contribution in [0.25, 0.3) is 61.2 Å². The number of nitrogens with zero attached hydrogens (tertiary/aromatic N) is 1. The fourth-order valence-corrected chi connectivity index (χ4v) is 10.1. The van der Waals surface area contributed by atoms with Crippen molar-refractivity contribution in [2.24, 2.45) is 0 Å². The maximum atomic E-state index is 2.47. The third-order valence-electron chi connectivity index (χ3n) is 13.9. The maximum Gasteiger partial charge on any atom is 0.0411 e. The summed E-state index contributed by atoms with van der Waals surface area (Å²) in [4.78, 5) is 2.30. The molecule has 1 heteroatoms. The Labute approximate surface area is 382 Å². The Morgan fingerprint density at radius 1 is 0.422 bits per heavy atom. The normalized spacial score (nSPS) is 13.5. The van der Waals surface area contributed by atoms with Crippen LogP contribution >= 0.6 is 0 Å². The van der Waals surface area contributed by atoms with E-state index in [4.69, 9.17) is 0 Å². The molecule has 0 aliphatic heterocycles. The lowest BCUT2D eigenvalue weighted by Gasteiger charge is -2.26. The summed E-state index contributed by atoms with van der Waals surface area (Å²) < 4.78 is 0. The zero-order valence-corrected chi connectivity index (χ0v) is 38.8. The van der Waals surface area contributed by atoms with Gasteiger partial charge in [0.25, 0.3) is 0 Å². The van der Waals surface area contributed by atoms with E-state index in [0.717, 1.165) is 12.8 Å². The Hall–Kier alpha value is -6.96. The largest absolute Gasteiger partial charge is 0.345 e. The maximum absolute atomic E-state index is 2.47. The van der Waals surface area contributed by atoms with Crippen LogP contribution < -0.4 is 4.90 Å². The van der Waals surface area contributed by atoms with Crippen LogP contribution in [0.3, 0.4) is 0 Å². The molecule has 0 saturated heterocycles. The Balaban J connectivity index is 0.000000315. The number of hydrogen-bond acceptors (Lipinski definition) is 1. The average Bonchev–Trinajstić information content (AvgIpc) is 3.55. The number of anilines is 2. The second kappa shape index (κ2) is 17.7. The molecule has 2 aliphatic carbocycles. The van der Waals surface area contributed by atoms with Gasteiger partial charge in [-0.3, -0.25) is 0 Å². The highest BCUT2D eigenvalue weighted by Gasteiger charge is 2.36. The van der Waals surface area contributed by atoms with E-state index in [2.05, 4.69) is 248 Å². The number of rotatable bonds is 7. The molecule has 0 N–H and O–H groups in total. The minimum absolute atomic E-state index is 0.138. The molecule has 1 nitrogen and oxygen atoms in total. The summed E-state index contributed by atoms with van der Waals surface area (Å²) in [6.07, 6.45) is 6.92. The predicted octanol–water partition coefficient (Wildman–Crippen LogP) is 17.5. The van der Waals surface area contributed by atoms with Crippen molar-refractivity contribution in [1.82, 2.24) is 0 Å². The van der Waals surface area contributed by atoms with Crippen LogP contribution in [-0.4, -0.2) is 7.05 Å². The molecule has 0 radical (unpaired) electrons. The summed E-state index contributed by atoms with van der Waals surface area (Å²) >= 11 is 0. The van der Waals surface area contributed by atoms with Gasteiger partial charge in [-0.25, -0.2) is 0 Å². The Morgan fingerprint density at radius 2 is 0.906 bits per heavy atom. The molecule has 0 amide bonds. The van der Waals surface area contributed by atoms with Gasteiger partial charge in [0.05, 0.1) is 0 Å². The van der Waals surface area contributed by atoms with Crippen molar-refractivity contribution in [1.29, 1.82) is 0 Å². The number of benzene rings is 8. The molecule has 0 spiro atoms. The Bertz CT molecular complexity index is 3020. The number of aryl methyl sites for hydroxylation is 3. The van der Waals surface area contributed by atoms with Crippen LogP contribution in [-0.2, 0) is 5.41 Å². The standard InChI is InChI=1S/C49H45N.C14H14/c1-32-14-10-12-18-40(32)42-28-29-43(48(34(42)3)41-19-13-11-15-33(41)2)37-22-26-44-45-27-25-39(31-47(45)49(4,5)46(44)30-37)50(6)38-23-20-36(21-24-38)35-16-8-7-9-17-35;1-11-7-3-5-9-13(11)14-10-6-4-8-12(14)2/h7-9,11-13,15-31H,10,14H2,1-6H3;3-10H,1-2H3. The molecular formula is C63H59N. The molecule has 2 aliphatic rings. The third-order valence-corrected chi connectivity index (χ3v) is 13.9. The molecule has 0 bridgehead atoms. The van der Waals surface area contributed by atoms with Gasteiger partial charge >= 0.3 is 0 Å². The molecular weight excluding hydrogens is 771 g/mol. The molecule has 8 aromatic carbocycles. The van der Waals surface area contributed by atoms with Crippen LogP contribution in [0.1, 0.15) is 72.6 Å². The van der Waals surface area contributed by atoms with Gasteiger partial charge in [0, 0.05) is 23.8 Å². The van der Waals surface area contributed by atoms with Crippen molar-refractivity contribution in [3.63, 3.8) is 0 Å². The Kier molecular flexibility index (Phi) is 11.7. The predicted molar refractivity (Wildman–Crippen MR) is 277 cm³/mol. The van der Waals surface area contributed by atoms with Crippen molar-refractivity contribution >= 4 is 16.9 Å². The highest BCUT2D eigenvalue weighted by atomic mass is 15.1. The minimum atomic E-state index is -0.138. The SMILES string of the molecule is CC1=C(c2ccc(-c3ccc4c(c3)C(C)(C)c3cc(N(C)c5ccc(-c6ccccc6)cc5)ccc3-4)c(-c3ccccc3C)c2C)C=CCC1.Cc1ccccc1-c1ccccc1C. The summed E-state index contributed by atoms with van der Waals surface area (Å²) in [5.74, 6) is 0. The van der Waals surface area contributed by atoms with Gasteiger partial charge in [0.2, 0.25) is 0 Å². The highest BCUT2D eigenvalue weighted by Crippen LogP contribution is 2.52. The van der Waals surface area contributed by atoms with E-state index in [0.29, 0.717) is 0 Å². The molecule has 0 heterocycles. The van der Waals surface area contributed by atoms with E-state index in [-0.39, 0.29) is 5.41 Å². The second-order valence-electron chi connectivity index (χ2n) is 18.3. The molecule has 0 aromatic heterocycles. The van der Waals surface area contributed by atoms with Crippen LogP contribution in [0.4, 0.5) is 11.4 Å². The molecule has 0 unspecified atom stereocenters. The third kappa shape index (κ3) is 7.97. The molecule has 64 heavy (non-hydrogen) atoms.